The van der Waals surface area contributed by atoms with Crippen molar-refractivity contribution in [3.8, 4) is 0 Å². The summed E-state index contributed by atoms with van der Waals surface area (Å²) in [6.45, 7) is 20.4. The van der Waals surface area contributed by atoms with E-state index in [9.17, 15) is 9.59 Å². The molecule has 8 heteroatoms. The molecule has 0 aliphatic rings. The average Bonchev–Trinajstić information content (AvgIpc) is 2.80. The molecule has 0 heterocycles. The molecule has 190 valence electrons. The molecule has 0 rings (SSSR count). The Balaban J connectivity index is 4.71. The van der Waals surface area contributed by atoms with E-state index in [1.807, 2.05) is 7.05 Å². The Kier molecular flexibility index (Phi) is 16.2. The zero-order chi connectivity index (χ0) is 24.5. The van der Waals surface area contributed by atoms with Crippen LogP contribution in [0.2, 0.25) is 0 Å². The van der Waals surface area contributed by atoms with Gasteiger partial charge >= 0.3 is 12.2 Å². The van der Waals surface area contributed by atoms with Gasteiger partial charge in [0.15, 0.2) is 0 Å². The maximum atomic E-state index is 12.5. The summed E-state index contributed by atoms with van der Waals surface area (Å²) in [6.07, 6.45) is 3.64. The summed E-state index contributed by atoms with van der Waals surface area (Å²) < 4.78 is 12.8. The molecular weight excluding hydrogens is 408 g/mol. The first kappa shape index (κ1) is 30.5. The number of carbonyl (C=O) groups is 2. The molecule has 32 heavy (non-hydrogen) atoms. The number of hydrogen-bond acceptors (Lipinski definition) is 4. The van der Waals surface area contributed by atoms with Crippen molar-refractivity contribution in [3.63, 3.8) is 0 Å². The van der Waals surface area contributed by atoms with Gasteiger partial charge in [0.1, 0.15) is 26.3 Å². The molecule has 0 saturated carbocycles. The summed E-state index contributed by atoms with van der Waals surface area (Å²) in [5.74, 6) is 0. The molecule has 1 atom stereocenters. The molecule has 0 aliphatic carbocycles. The number of ether oxygens (including phenoxy) is 2. The first-order valence-electron chi connectivity index (χ1n) is 12.7. The van der Waals surface area contributed by atoms with Crippen molar-refractivity contribution in [1.82, 2.24) is 10.2 Å². The Bertz CT molecular complexity index is 506. The second kappa shape index (κ2) is 17.0. The Morgan fingerprint density at radius 1 is 0.750 bits per heavy atom. The topological polar surface area (TPSA) is 67.9 Å². The lowest BCUT2D eigenvalue weighted by atomic mass is 10.2. The number of alkyl carbamates (subject to hydrolysis) is 1. The minimum atomic E-state index is -0.380. The zero-order valence-corrected chi connectivity index (χ0v) is 22.1. The van der Waals surface area contributed by atoms with Crippen molar-refractivity contribution >= 4 is 12.2 Å². The molecule has 2 amide bonds. The molecule has 1 unspecified atom stereocenters. The van der Waals surface area contributed by atoms with Crippen LogP contribution in [0, 0.1) is 0 Å². The SMILES string of the molecule is CCCC[N+](CCC)(CCCN(C)C(=O)OCC[N+](CC)(CC)CC)CCOC(=O)NC. The number of carbonyl (C=O) groups excluding carboxylic acids is 2. The third kappa shape index (κ3) is 11.4. The van der Waals surface area contributed by atoms with Gasteiger partial charge in [0.05, 0.1) is 39.3 Å². The van der Waals surface area contributed by atoms with Crippen molar-refractivity contribution < 1.29 is 28.0 Å². The van der Waals surface area contributed by atoms with E-state index >= 15 is 0 Å². The smallest absolute Gasteiger partial charge is 0.409 e. The number of rotatable bonds is 18. The molecule has 8 nitrogen and oxygen atoms in total. The van der Waals surface area contributed by atoms with Crippen LogP contribution < -0.4 is 5.32 Å². The number of nitrogens with zero attached hydrogens (tertiary/aromatic N) is 3. The van der Waals surface area contributed by atoms with Crippen LogP contribution in [0.5, 0.6) is 0 Å². The van der Waals surface area contributed by atoms with E-state index in [0.29, 0.717) is 19.8 Å². The van der Waals surface area contributed by atoms with Gasteiger partial charge in [-0.2, -0.15) is 0 Å². The van der Waals surface area contributed by atoms with Gasteiger partial charge in [0.25, 0.3) is 0 Å². The minimum absolute atomic E-state index is 0.239. The normalized spacial score (nSPS) is 13.3. The van der Waals surface area contributed by atoms with Crippen LogP contribution in [0.4, 0.5) is 9.59 Å². The molecule has 0 saturated heterocycles. The molecular formula is C24H52N4O4+2. The van der Waals surface area contributed by atoms with E-state index in [4.69, 9.17) is 9.47 Å². The van der Waals surface area contributed by atoms with Gasteiger partial charge in [0.2, 0.25) is 0 Å². The lowest BCUT2D eigenvalue weighted by Gasteiger charge is -2.39. The standard InChI is InChI=1S/C24H51N4O4/c1-8-13-17-28(16-9-2,20-21-31-23(29)25-6)18-14-15-26(7)24(30)32-22-19-27(10-3,11-4)12-5/h8-22H2,1-7H3/q+1/p+1. The summed E-state index contributed by atoms with van der Waals surface area (Å²) in [4.78, 5) is 25.6. The fourth-order valence-electron chi connectivity index (χ4n) is 4.36. The molecule has 0 bridgehead atoms. The first-order valence-corrected chi connectivity index (χ1v) is 12.7. The van der Waals surface area contributed by atoms with Gasteiger partial charge in [-0.05, 0) is 33.6 Å². The maximum Gasteiger partial charge on any atom is 0.409 e. The largest absolute Gasteiger partial charge is 0.444 e. The number of likely N-dealkylation sites (N-methyl/N-ethyl adjacent to an activating group) is 1. The van der Waals surface area contributed by atoms with Crippen LogP contribution in [0.25, 0.3) is 0 Å². The molecule has 0 aromatic heterocycles. The van der Waals surface area contributed by atoms with E-state index in [1.165, 1.54) is 0 Å². The van der Waals surface area contributed by atoms with Crippen molar-refractivity contribution in [1.29, 1.82) is 0 Å². The Labute approximate surface area is 197 Å². The predicted octanol–water partition coefficient (Wildman–Crippen LogP) is 3.70. The Morgan fingerprint density at radius 2 is 1.31 bits per heavy atom. The fourth-order valence-corrected chi connectivity index (χ4v) is 4.36. The van der Waals surface area contributed by atoms with Crippen LogP contribution in [0.3, 0.4) is 0 Å². The fraction of sp³-hybridized carbons (Fsp3) is 0.917. The molecule has 0 aromatic rings. The van der Waals surface area contributed by atoms with Crippen molar-refractivity contribution in [2.75, 3.05) is 86.2 Å². The lowest BCUT2D eigenvalue weighted by Crippen LogP contribution is -2.53. The van der Waals surface area contributed by atoms with Gasteiger partial charge < -0.3 is 28.7 Å². The molecule has 0 radical (unpaired) electrons. The molecule has 0 fully saturated rings. The summed E-state index contributed by atoms with van der Waals surface area (Å²) in [7, 11) is 3.40. The maximum absolute atomic E-state index is 12.5. The number of quaternary nitrogens is 2. The Morgan fingerprint density at radius 3 is 1.84 bits per heavy atom. The van der Waals surface area contributed by atoms with Crippen LogP contribution >= 0.6 is 0 Å². The summed E-state index contributed by atoms with van der Waals surface area (Å²) in [5, 5.41) is 2.51. The predicted molar refractivity (Wildman–Crippen MR) is 131 cm³/mol. The molecule has 0 aromatic carbocycles. The van der Waals surface area contributed by atoms with Crippen molar-refractivity contribution in [3.05, 3.63) is 0 Å². The van der Waals surface area contributed by atoms with Crippen molar-refractivity contribution in [2.45, 2.75) is 60.3 Å². The van der Waals surface area contributed by atoms with Gasteiger partial charge in [-0.1, -0.05) is 20.3 Å². The van der Waals surface area contributed by atoms with Gasteiger partial charge in [-0.3, -0.25) is 0 Å². The minimum Gasteiger partial charge on any atom is -0.444 e. The number of amides is 2. The molecule has 1 N–H and O–H groups in total. The highest BCUT2D eigenvalue weighted by atomic mass is 16.6. The highest BCUT2D eigenvalue weighted by Crippen LogP contribution is 2.14. The van der Waals surface area contributed by atoms with Crippen LogP contribution in [-0.4, -0.2) is 112 Å². The molecule has 0 spiro atoms. The third-order valence-corrected chi connectivity index (χ3v) is 6.93. The second-order valence-electron chi connectivity index (χ2n) is 8.88. The van der Waals surface area contributed by atoms with E-state index in [0.717, 1.165) is 87.0 Å². The Hall–Kier alpha value is -1.54. The van der Waals surface area contributed by atoms with Gasteiger partial charge in [-0.15, -0.1) is 0 Å². The average molecular weight is 461 g/mol. The number of hydrogen-bond donors (Lipinski definition) is 1. The summed E-state index contributed by atoms with van der Waals surface area (Å²) >= 11 is 0. The van der Waals surface area contributed by atoms with Gasteiger partial charge in [0, 0.05) is 27.1 Å². The summed E-state index contributed by atoms with van der Waals surface area (Å²) in [5.41, 5.74) is 0. The van der Waals surface area contributed by atoms with E-state index in [1.54, 1.807) is 11.9 Å². The van der Waals surface area contributed by atoms with E-state index < -0.39 is 0 Å². The monoisotopic (exact) mass is 460 g/mol. The van der Waals surface area contributed by atoms with Crippen LogP contribution in [-0.2, 0) is 9.47 Å². The second-order valence-corrected chi connectivity index (χ2v) is 8.88. The van der Waals surface area contributed by atoms with Crippen molar-refractivity contribution in [2.24, 2.45) is 0 Å². The quantitative estimate of drug-likeness (QED) is 0.317. The highest BCUT2D eigenvalue weighted by Gasteiger charge is 2.27. The van der Waals surface area contributed by atoms with E-state index in [2.05, 4.69) is 39.9 Å². The van der Waals surface area contributed by atoms with Gasteiger partial charge in [-0.25, -0.2) is 9.59 Å². The third-order valence-electron chi connectivity index (χ3n) is 6.93. The number of nitrogens with one attached hydrogen (secondary N) is 1. The highest BCUT2D eigenvalue weighted by molar-refractivity contribution is 5.67. The van der Waals surface area contributed by atoms with E-state index in [-0.39, 0.29) is 12.2 Å². The first-order chi connectivity index (χ1) is 15.3. The summed E-state index contributed by atoms with van der Waals surface area (Å²) in [6, 6.07) is 0. The van der Waals surface area contributed by atoms with Crippen LogP contribution in [0.1, 0.15) is 60.3 Å². The zero-order valence-electron chi connectivity index (χ0n) is 22.1. The lowest BCUT2D eigenvalue weighted by molar-refractivity contribution is -0.928. The number of unbranched alkanes of at least 4 members (excludes halogenated alkanes) is 1. The molecule has 0 aliphatic heterocycles. The van der Waals surface area contributed by atoms with Crippen LogP contribution in [0.15, 0.2) is 0 Å².